The van der Waals surface area contributed by atoms with Crippen LogP contribution in [0, 0.1) is 12.7 Å². The summed E-state index contributed by atoms with van der Waals surface area (Å²) in [6, 6.07) is 11.3. The highest BCUT2D eigenvalue weighted by Crippen LogP contribution is 2.33. The number of anilines is 1. The van der Waals surface area contributed by atoms with Crippen molar-refractivity contribution in [2.24, 2.45) is 4.99 Å². The fraction of sp³-hybridized carbons (Fsp3) is 0.211. The number of nitrogens with one attached hydrogen (secondary N) is 1. The Bertz CT molecular complexity index is 935. The summed E-state index contributed by atoms with van der Waals surface area (Å²) in [4.78, 5) is 30.6. The molecule has 0 radical (unpaired) electrons. The van der Waals surface area contributed by atoms with Gasteiger partial charge in [0.05, 0.1) is 11.4 Å². The molecule has 0 bridgehead atoms. The standard InChI is InChI=1S/C19H17ClFN3O2S/c1-11-12(20)6-5-9-14(11)23-19-24(2)18(26)16(27-19)10-17(25)22-15-8-4-3-7-13(15)21/h3-9,16H,10H2,1-2H3,(H,22,25)/t16-/m0/s1. The van der Waals surface area contributed by atoms with Crippen LogP contribution in [-0.4, -0.2) is 34.2 Å². The number of amidine groups is 1. The van der Waals surface area contributed by atoms with Gasteiger partial charge in [0.2, 0.25) is 11.8 Å². The first-order chi connectivity index (χ1) is 12.9. The lowest BCUT2D eigenvalue weighted by atomic mass is 10.2. The van der Waals surface area contributed by atoms with E-state index in [9.17, 15) is 14.0 Å². The predicted molar refractivity (Wildman–Crippen MR) is 107 cm³/mol. The normalized spacial score (nSPS) is 18.2. The van der Waals surface area contributed by atoms with Crippen LogP contribution in [0.1, 0.15) is 12.0 Å². The lowest BCUT2D eigenvalue weighted by molar-refractivity contribution is -0.127. The Hall–Kier alpha value is -2.38. The third-order valence-corrected chi connectivity index (χ3v) is 5.75. The number of benzene rings is 2. The average Bonchev–Trinajstić information content (AvgIpc) is 2.89. The summed E-state index contributed by atoms with van der Waals surface area (Å²) in [5, 5.41) is 2.97. The van der Waals surface area contributed by atoms with Gasteiger partial charge in [-0.05, 0) is 36.8 Å². The van der Waals surface area contributed by atoms with E-state index in [2.05, 4.69) is 10.3 Å². The minimum Gasteiger partial charge on any atom is -0.324 e. The minimum atomic E-state index is -0.611. The van der Waals surface area contributed by atoms with Gasteiger partial charge in [-0.25, -0.2) is 9.38 Å². The summed E-state index contributed by atoms with van der Waals surface area (Å²) >= 11 is 7.32. The lowest BCUT2D eigenvalue weighted by Crippen LogP contribution is -2.30. The Morgan fingerprint density at radius 3 is 2.78 bits per heavy atom. The van der Waals surface area contributed by atoms with Crippen molar-refractivity contribution in [1.82, 2.24) is 4.90 Å². The van der Waals surface area contributed by atoms with Gasteiger partial charge in [0.1, 0.15) is 11.1 Å². The van der Waals surface area contributed by atoms with E-state index < -0.39 is 17.0 Å². The highest BCUT2D eigenvalue weighted by molar-refractivity contribution is 8.15. The van der Waals surface area contributed by atoms with Crippen LogP contribution in [0.3, 0.4) is 0 Å². The molecule has 2 aromatic carbocycles. The van der Waals surface area contributed by atoms with E-state index in [4.69, 9.17) is 11.6 Å². The van der Waals surface area contributed by atoms with Crippen molar-refractivity contribution >= 4 is 51.7 Å². The molecule has 140 valence electrons. The number of hydrogen-bond donors (Lipinski definition) is 1. The average molecular weight is 406 g/mol. The largest absolute Gasteiger partial charge is 0.324 e. The van der Waals surface area contributed by atoms with E-state index in [0.717, 1.165) is 5.56 Å². The molecule has 0 spiro atoms. The number of carbonyl (C=O) groups is 2. The number of aliphatic imine (C=N–C) groups is 1. The second-order valence-electron chi connectivity index (χ2n) is 6.01. The van der Waals surface area contributed by atoms with Crippen LogP contribution in [0.5, 0.6) is 0 Å². The first-order valence-electron chi connectivity index (χ1n) is 8.19. The zero-order valence-electron chi connectivity index (χ0n) is 14.7. The molecule has 1 fully saturated rings. The molecular weight excluding hydrogens is 389 g/mol. The summed E-state index contributed by atoms with van der Waals surface area (Å²) in [6.07, 6.45) is -0.0737. The van der Waals surface area contributed by atoms with E-state index >= 15 is 0 Å². The van der Waals surface area contributed by atoms with Gasteiger partial charge in [0.25, 0.3) is 0 Å². The van der Waals surface area contributed by atoms with Crippen LogP contribution in [0.2, 0.25) is 5.02 Å². The van der Waals surface area contributed by atoms with Crippen molar-refractivity contribution in [3.63, 3.8) is 0 Å². The van der Waals surface area contributed by atoms with Crippen LogP contribution < -0.4 is 5.32 Å². The van der Waals surface area contributed by atoms with E-state index in [1.165, 1.54) is 34.9 Å². The molecular formula is C19H17ClFN3O2S. The van der Waals surface area contributed by atoms with E-state index in [1.807, 2.05) is 13.0 Å². The Morgan fingerprint density at radius 2 is 2.04 bits per heavy atom. The lowest BCUT2D eigenvalue weighted by Gasteiger charge is -2.10. The summed E-state index contributed by atoms with van der Waals surface area (Å²) in [5.41, 5.74) is 1.57. The predicted octanol–water partition coefficient (Wildman–Crippen LogP) is 4.38. The molecule has 1 aliphatic rings. The number of nitrogens with zero attached hydrogens (tertiary/aromatic N) is 2. The molecule has 1 saturated heterocycles. The molecule has 3 rings (SSSR count). The number of halogens is 2. The number of para-hydroxylation sites is 1. The van der Waals surface area contributed by atoms with Crippen molar-refractivity contribution in [2.45, 2.75) is 18.6 Å². The number of carbonyl (C=O) groups excluding carboxylic acids is 2. The number of thioether (sulfide) groups is 1. The Kier molecular flexibility index (Phi) is 5.82. The fourth-order valence-electron chi connectivity index (χ4n) is 2.55. The summed E-state index contributed by atoms with van der Waals surface area (Å²) < 4.78 is 13.7. The number of hydrogen-bond acceptors (Lipinski definition) is 4. The quantitative estimate of drug-likeness (QED) is 0.821. The van der Waals surface area contributed by atoms with Crippen LogP contribution >= 0.6 is 23.4 Å². The zero-order valence-corrected chi connectivity index (χ0v) is 16.3. The third-order valence-electron chi connectivity index (χ3n) is 4.11. The van der Waals surface area contributed by atoms with Crippen LogP contribution in [0.15, 0.2) is 47.5 Å². The van der Waals surface area contributed by atoms with Crippen molar-refractivity contribution in [1.29, 1.82) is 0 Å². The first-order valence-corrected chi connectivity index (χ1v) is 9.45. The van der Waals surface area contributed by atoms with Crippen molar-refractivity contribution in [2.75, 3.05) is 12.4 Å². The van der Waals surface area contributed by atoms with Gasteiger partial charge >= 0.3 is 0 Å². The Labute approximate surface area is 165 Å². The molecule has 1 aliphatic heterocycles. The maximum absolute atomic E-state index is 13.7. The van der Waals surface area contributed by atoms with Gasteiger partial charge in [-0.3, -0.25) is 14.5 Å². The van der Waals surface area contributed by atoms with E-state index in [1.54, 1.807) is 25.2 Å². The highest BCUT2D eigenvalue weighted by atomic mass is 35.5. The van der Waals surface area contributed by atoms with Crippen LogP contribution in [0.4, 0.5) is 15.8 Å². The van der Waals surface area contributed by atoms with E-state index in [-0.39, 0.29) is 18.0 Å². The topological polar surface area (TPSA) is 61.8 Å². The smallest absolute Gasteiger partial charge is 0.242 e. The van der Waals surface area contributed by atoms with Gasteiger partial charge < -0.3 is 5.32 Å². The third kappa shape index (κ3) is 4.31. The SMILES string of the molecule is Cc1c(Cl)cccc1N=C1S[C@@H](CC(=O)Nc2ccccc2F)C(=O)N1C. The van der Waals surface area contributed by atoms with Gasteiger partial charge in [0, 0.05) is 18.5 Å². The van der Waals surface area contributed by atoms with Gasteiger partial charge in [-0.1, -0.05) is 41.6 Å². The molecule has 27 heavy (non-hydrogen) atoms. The van der Waals surface area contributed by atoms with Crippen molar-refractivity contribution < 1.29 is 14.0 Å². The van der Waals surface area contributed by atoms with Crippen molar-refractivity contribution in [3.05, 3.63) is 58.9 Å². The zero-order chi connectivity index (χ0) is 19.6. The van der Waals surface area contributed by atoms with Gasteiger partial charge in [-0.15, -0.1) is 0 Å². The Morgan fingerprint density at radius 1 is 1.30 bits per heavy atom. The van der Waals surface area contributed by atoms with Crippen LogP contribution in [-0.2, 0) is 9.59 Å². The van der Waals surface area contributed by atoms with Crippen LogP contribution in [0.25, 0.3) is 0 Å². The molecule has 5 nitrogen and oxygen atoms in total. The molecule has 0 unspecified atom stereocenters. The molecule has 1 heterocycles. The summed E-state index contributed by atoms with van der Waals surface area (Å²) in [7, 11) is 1.61. The first kappa shape index (κ1) is 19.4. The number of amides is 2. The molecule has 1 N–H and O–H groups in total. The molecule has 8 heteroatoms. The van der Waals surface area contributed by atoms with E-state index in [0.29, 0.717) is 15.9 Å². The summed E-state index contributed by atoms with van der Waals surface area (Å²) in [6.45, 7) is 1.85. The number of rotatable bonds is 4. The fourth-order valence-corrected chi connectivity index (χ4v) is 3.87. The molecule has 0 aromatic heterocycles. The summed E-state index contributed by atoms with van der Waals surface area (Å²) in [5.74, 6) is -1.17. The molecule has 2 amide bonds. The molecule has 2 aromatic rings. The maximum Gasteiger partial charge on any atom is 0.242 e. The molecule has 0 aliphatic carbocycles. The second kappa shape index (κ2) is 8.10. The highest BCUT2D eigenvalue weighted by Gasteiger charge is 2.37. The van der Waals surface area contributed by atoms with Crippen molar-refractivity contribution in [3.8, 4) is 0 Å². The minimum absolute atomic E-state index is 0.0737. The monoisotopic (exact) mass is 405 g/mol. The Balaban J connectivity index is 1.72. The van der Waals surface area contributed by atoms with Gasteiger partial charge in [-0.2, -0.15) is 0 Å². The van der Waals surface area contributed by atoms with Gasteiger partial charge in [0.15, 0.2) is 5.17 Å². The molecule has 1 atom stereocenters. The second-order valence-corrected chi connectivity index (χ2v) is 7.59. The maximum atomic E-state index is 13.7. The molecule has 0 saturated carbocycles.